The van der Waals surface area contributed by atoms with Crippen LogP contribution in [0.1, 0.15) is 0 Å². The molecule has 0 spiro atoms. The summed E-state index contributed by atoms with van der Waals surface area (Å²) in [6.07, 6.45) is 2.30. The molecule has 2 nitrogen and oxygen atoms in total. The average molecular weight is 209 g/mol. The molecule has 3 rings (SSSR count). The van der Waals surface area contributed by atoms with Gasteiger partial charge in [0.05, 0.1) is 0 Å². The topological polar surface area (TPSA) is 15.3 Å². The van der Waals surface area contributed by atoms with Gasteiger partial charge in [0.15, 0.2) is 0 Å². The minimum Gasteiger partial charge on any atom is -0.369 e. The SMILES string of the molecule is C1=c2ccccc2=C2NCCN2C1.Cl. The first-order valence-corrected chi connectivity index (χ1v) is 4.73. The normalized spacial score (nSPS) is 17.4. The number of nitrogens with zero attached hydrogens (tertiary/aromatic N) is 1. The van der Waals surface area contributed by atoms with E-state index in [1.54, 1.807) is 0 Å². The molecule has 1 aromatic rings. The molecule has 2 aliphatic heterocycles. The van der Waals surface area contributed by atoms with Gasteiger partial charge in [0.25, 0.3) is 0 Å². The Labute approximate surface area is 89.3 Å². The smallest absolute Gasteiger partial charge is 0.110 e. The Bertz CT molecular complexity index is 453. The maximum Gasteiger partial charge on any atom is 0.110 e. The van der Waals surface area contributed by atoms with Gasteiger partial charge in [-0.2, -0.15) is 0 Å². The summed E-state index contributed by atoms with van der Waals surface area (Å²) < 4.78 is 0. The summed E-state index contributed by atoms with van der Waals surface area (Å²) in [5.74, 6) is 1.32. The molecular weight excluding hydrogens is 196 g/mol. The van der Waals surface area contributed by atoms with E-state index >= 15 is 0 Å². The van der Waals surface area contributed by atoms with E-state index in [-0.39, 0.29) is 12.4 Å². The maximum absolute atomic E-state index is 3.44. The van der Waals surface area contributed by atoms with E-state index in [0.29, 0.717) is 0 Å². The van der Waals surface area contributed by atoms with Crippen molar-refractivity contribution >= 4 is 24.3 Å². The summed E-state index contributed by atoms with van der Waals surface area (Å²) in [4.78, 5) is 2.39. The van der Waals surface area contributed by atoms with Gasteiger partial charge in [-0.3, -0.25) is 0 Å². The molecule has 0 radical (unpaired) electrons. The van der Waals surface area contributed by atoms with Crippen LogP contribution in [0.4, 0.5) is 0 Å². The molecule has 1 fully saturated rings. The molecule has 0 bridgehead atoms. The summed E-state index contributed by atoms with van der Waals surface area (Å²) in [5, 5.41) is 6.15. The van der Waals surface area contributed by atoms with Gasteiger partial charge in [-0.05, 0) is 5.22 Å². The van der Waals surface area contributed by atoms with Crippen LogP contribution >= 0.6 is 12.4 Å². The number of nitrogens with one attached hydrogen (secondary N) is 1. The monoisotopic (exact) mass is 208 g/mol. The van der Waals surface area contributed by atoms with E-state index in [2.05, 4.69) is 40.6 Å². The molecule has 0 atom stereocenters. The van der Waals surface area contributed by atoms with Crippen molar-refractivity contribution in [1.29, 1.82) is 0 Å². The van der Waals surface area contributed by atoms with E-state index in [0.717, 1.165) is 19.6 Å². The first-order chi connectivity index (χ1) is 6.45. The van der Waals surface area contributed by atoms with Gasteiger partial charge < -0.3 is 10.2 Å². The van der Waals surface area contributed by atoms with Crippen LogP contribution in [-0.2, 0) is 0 Å². The van der Waals surface area contributed by atoms with Crippen molar-refractivity contribution in [1.82, 2.24) is 10.2 Å². The van der Waals surface area contributed by atoms with Gasteiger partial charge in [-0.25, -0.2) is 0 Å². The zero-order valence-electron chi connectivity index (χ0n) is 7.86. The minimum absolute atomic E-state index is 0. The van der Waals surface area contributed by atoms with Crippen molar-refractivity contribution in [2.75, 3.05) is 19.6 Å². The van der Waals surface area contributed by atoms with E-state index in [1.165, 1.54) is 16.3 Å². The van der Waals surface area contributed by atoms with Gasteiger partial charge >= 0.3 is 0 Å². The Balaban J connectivity index is 0.000000750. The highest BCUT2D eigenvalue weighted by atomic mass is 35.5. The second-order valence-corrected chi connectivity index (χ2v) is 3.51. The van der Waals surface area contributed by atoms with Crippen molar-refractivity contribution < 1.29 is 0 Å². The lowest BCUT2D eigenvalue weighted by Gasteiger charge is -2.20. The summed E-state index contributed by atoms with van der Waals surface area (Å²) in [6, 6.07) is 8.56. The lowest BCUT2D eigenvalue weighted by molar-refractivity contribution is 0.495. The molecule has 0 aromatic heterocycles. The molecular formula is C11H13ClN2. The fourth-order valence-corrected chi connectivity index (χ4v) is 2.08. The summed E-state index contributed by atoms with van der Waals surface area (Å²) >= 11 is 0. The van der Waals surface area contributed by atoms with Crippen molar-refractivity contribution in [2.45, 2.75) is 0 Å². The van der Waals surface area contributed by atoms with E-state index in [9.17, 15) is 0 Å². The van der Waals surface area contributed by atoms with Crippen LogP contribution in [0.3, 0.4) is 0 Å². The van der Waals surface area contributed by atoms with Crippen molar-refractivity contribution in [2.24, 2.45) is 0 Å². The van der Waals surface area contributed by atoms with Crippen LogP contribution in [0.15, 0.2) is 24.3 Å². The number of halogens is 1. The first kappa shape index (κ1) is 9.41. The van der Waals surface area contributed by atoms with Gasteiger partial charge in [-0.15, -0.1) is 12.4 Å². The predicted octanol–water partition coefficient (Wildman–Crippen LogP) is -0.127. The third-order valence-corrected chi connectivity index (χ3v) is 2.74. The number of hydrogen-bond acceptors (Lipinski definition) is 2. The van der Waals surface area contributed by atoms with Gasteiger partial charge in [0.2, 0.25) is 0 Å². The highest BCUT2D eigenvalue weighted by Gasteiger charge is 2.17. The number of fused-ring (bicyclic) bond motifs is 2. The molecule has 0 aliphatic carbocycles. The van der Waals surface area contributed by atoms with Crippen LogP contribution in [0.5, 0.6) is 0 Å². The Hall–Kier alpha value is -1.15. The van der Waals surface area contributed by atoms with Crippen LogP contribution in [0.25, 0.3) is 11.9 Å². The van der Waals surface area contributed by atoms with E-state index in [1.807, 2.05) is 0 Å². The minimum atomic E-state index is 0. The van der Waals surface area contributed by atoms with Crippen LogP contribution in [0, 0.1) is 0 Å². The second-order valence-electron chi connectivity index (χ2n) is 3.51. The second kappa shape index (κ2) is 3.54. The van der Waals surface area contributed by atoms with Crippen LogP contribution in [0.2, 0.25) is 0 Å². The van der Waals surface area contributed by atoms with Gasteiger partial charge in [0, 0.05) is 24.9 Å². The molecule has 74 valence electrons. The molecule has 0 amide bonds. The lowest BCUT2D eigenvalue weighted by Crippen LogP contribution is -2.39. The van der Waals surface area contributed by atoms with Gasteiger partial charge in [0.1, 0.15) is 5.82 Å². The quantitative estimate of drug-likeness (QED) is 0.640. The third kappa shape index (κ3) is 1.26. The molecule has 1 aromatic carbocycles. The Kier molecular flexibility index (Phi) is 2.38. The fourth-order valence-electron chi connectivity index (χ4n) is 2.08. The zero-order chi connectivity index (χ0) is 8.67. The summed E-state index contributed by atoms with van der Waals surface area (Å²) in [5.41, 5.74) is 0. The molecule has 1 saturated heterocycles. The van der Waals surface area contributed by atoms with Crippen LogP contribution < -0.4 is 15.8 Å². The molecule has 0 saturated carbocycles. The average Bonchev–Trinajstić information content (AvgIpc) is 2.65. The number of benzene rings is 1. The predicted molar refractivity (Wildman–Crippen MR) is 60.4 cm³/mol. The standard InChI is InChI=1S/C11H12N2.ClH/c1-2-4-10-9(3-1)5-7-13-8-6-12-11(10)13;/h1-5,12H,6-8H2;1H. The Morgan fingerprint density at radius 1 is 1.21 bits per heavy atom. The van der Waals surface area contributed by atoms with Gasteiger partial charge in [-0.1, -0.05) is 30.3 Å². The van der Waals surface area contributed by atoms with Crippen molar-refractivity contribution in [3.63, 3.8) is 0 Å². The number of rotatable bonds is 0. The fraction of sp³-hybridized carbons (Fsp3) is 0.273. The molecule has 0 unspecified atom stereocenters. The Morgan fingerprint density at radius 2 is 2.07 bits per heavy atom. The lowest BCUT2D eigenvalue weighted by atomic mass is 10.2. The molecule has 14 heavy (non-hydrogen) atoms. The summed E-state index contributed by atoms with van der Waals surface area (Å²) in [7, 11) is 0. The van der Waals surface area contributed by atoms with E-state index in [4.69, 9.17) is 0 Å². The molecule has 2 aliphatic rings. The maximum atomic E-state index is 3.44. The van der Waals surface area contributed by atoms with Crippen molar-refractivity contribution in [3.8, 4) is 0 Å². The molecule has 1 N–H and O–H groups in total. The molecule has 3 heteroatoms. The summed E-state index contributed by atoms with van der Waals surface area (Å²) in [6.45, 7) is 3.27. The van der Waals surface area contributed by atoms with Crippen LogP contribution in [-0.4, -0.2) is 24.5 Å². The number of hydrogen-bond donors (Lipinski definition) is 1. The Morgan fingerprint density at radius 3 is 3.00 bits per heavy atom. The zero-order valence-corrected chi connectivity index (χ0v) is 8.68. The first-order valence-electron chi connectivity index (χ1n) is 4.73. The van der Waals surface area contributed by atoms with Crippen molar-refractivity contribution in [3.05, 3.63) is 34.7 Å². The molecule has 2 heterocycles. The highest BCUT2D eigenvalue weighted by Crippen LogP contribution is 2.07. The largest absolute Gasteiger partial charge is 0.369 e. The van der Waals surface area contributed by atoms with E-state index < -0.39 is 0 Å². The highest BCUT2D eigenvalue weighted by molar-refractivity contribution is 5.85. The third-order valence-electron chi connectivity index (χ3n) is 2.74.